The summed E-state index contributed by atoms with van der Waals surface area (Å²) in [5.74, 6) is 0.0212. The zero-order valence-electron chi connectivity index (χ0n) is 14.2. The molecule has 0 saturated carbocycles. The Kier molecular flexibility index (Phi) is 9.67. The van der Waals surface area contributed by atoms with Crippen LogP contribution in [0.5, 0.6) is 0 Å². The largest absolute Gasteiger partial charge is 0.340 e. The summed E-state index contributed by atoms with van der Waals surface area (Å²) in [5, 5.41) is 6.63. The molecule has 3 rings (SSSR count). The fourth-order valence-electron chi connectivity index (χ4n) is 3.37. The van der Waals surface area contributed by atoms with Crippen molar-refractivity contribution in [2.24, 2.45) is 0 Å². The lowest BCUT2D eigenvalue weighted by molar-refractivity contribution is -0.132. The van der Waals surface area contributed by atoms with Crippen LogP contribution in [0.1, 0.15) is 18.0 Å². The minimum Gasteiger partial charge on any atom is -0.340 e. The fourth-order valence-corrected chi connectivity index (χ4v) is 3.37. The summed E-state index contributed by atoms with van der Waals surface area (Å²) in [4.78, 5) is 16.6. The van der Waals surface area contributed by atoms with Crippen LogP contribution in [-0.2, 0) is 4.79 Å². The number of nitrogens with zero attached hydrogens (tertiary/aromatic N) is 2. The van der Waals surface area contributed by atoms with E-state index in [1.165, 1.54) is 6.07 Å². The number of carbonyl (C=O) groups excluding carboxylic acids is 1. The van der Waals surface area contributed by atoms with Gasteiger partial charge in [-0.1, -0.05) is 12.1 Å². The van der Waals surface area contributed by atoms with E-state index in [-0.39, 0.29) is 42.6 Å². The molecule has 0 aromatic heterocycles. The van der Waals surface area contributed by atoms with Gasteiger partial charge in [0, 0.05) is 64.8 Å². The molecule has 142 valence electrons. The van der Waals surface area contributed by atoms with Crippen molar-refractivity contribution in [2.45, 2.75) is 12.5 Å². The Bertz CT molecular complexity index is 543. The molecule has 1 aromatic rings. The Hall–Kier alpha value is -0.920. The van der Waals surface area contributed by atoms with Crippen LogP contribution in [0, 0.1) is 5.82 Å². The molecule has 25 heavy (non-hydrogen) atoms. The van der Waals surface area contributed by atoms with Crippen molar-refractivity contribution in [1.82, 2.24) is 20.4 Å². The number of piperazine rings is 2. The monoisotopic (exact) mass is 392 g/mol. The zero-order chi connectivity index (χ0) is 16.1. The number of carbonyl (C=O) groups is 1. The average Bonchev–Trinajstić information content (AvgIpc) is 2.60. The van der Waals surface area contributed by atoms with Crippen molar-refractivity contribution in [3.8, 4) is 0 Å². The van der Waals surface area contributed by atoms with E-state index in [0.717, 1.165) is 57.9 Å². The Balaban J connectivity index is 0.00000156. The second kappa shape index (κ2) is 10.9. The molecule has 0 aliphatic carbocycles. The molecule has 0 bridgehead atoms. The predicted octanol–water partition coefficient (Wildman–Crippen LogP) is 1.44. The van der Waals surface area contributed by atoms with E-state index in [4.69, 9.17) is 0 Å². The number of nitrogens with one attached hydrogen (secondary N) is 2. The molecular weight excluding hydrogens is 366 g/mol. The van der Waals surface area contributed by atoms with Gasteiger partial charge in [-0.15, -0.1) is 24.8 Å². The third-order valence-electron chi connectivity index (χ3n) is 4.67. The van der Waals surface area contributed by atoms with Crippen LogP contribution in [0.4, 0.5) is 4.39 Å². The van der Waals surface area contributed by atoms with Crippen LogP contribution >= 0.6 is 24.8 Å². The average molecular weight is 393 g/mol. The van der Waals surface area contributed by atoms with E-state index in [9.17, 15) is 9.18 Å². The molecule has 1 aromatic carbocycles. The quantitative estimate of drug-likeness (QED) is 0.813. The van der Waals surface area contributed by atoms with Crippen molar-refractivity contribution in [2.75, 3.05) is 52.4 Å². The minimum atomic E-state index is -0.204. The van der Waals surface area contributed by atoms with Crippen molar-refractivity contribution in [3.63, 3.8) is 0 Å². The number of amides is 1. The Labute approximate surface area is 161 Å². The molecule has 2 aliphatic heterocycles. The maximum Gasteiger partial charge on any atom is 0.223 e. The van der Waals surface area contributed by atoms with E-state index in [0.29, 0.717) is 6.42 Å². The van der Waals surface area contributed by atoms with Gasteiger partial charge in [-0.2, -0.15) is 0 Å². The van der Waals surface area contributed by atoms with Crippen LogP contribution in [0.2, 0.25) is 0 Å². The first-order valence-corrected chi connectivity index (χ1v) is 8.43. The molecular formula is C17H27Cl2FN4O. The molecule has 2 aliphatic rings. The molecule has 2 N–H and O–H groups in total. The van der Waals surface area contributed by atoms with Crippen LogP contribution < -0.4 is 10.6 Å². The van der Waals surface area contributed by atoms with E-state index < -0.39 is 0 Å². The summed E-state index contributed by atoms with van der Waals surface area (Å²) in [6, 6.07) is 6.92. The van der Waals surface area contributed by atoms with E-state index >= 15 is 0 Å². The van der Waals surface area contributed by atoms with Crippen molar-refractivity contribution in [3.05, 3.63) is 35.6 Å². The van der Waals surface area contributed by atoms with Gasteiger partial charge in [0.1, 0.15) is 5.82 Å². The summed E-state index contributed by atoms with van der Waals surface area (Å²) in [6.07, 6.45) is 0.534. The van der Waals surface area contributed by atoms with Gasteiger partial charge in [0.2, 0.25) is 5.91 Å². The summed E-state index contributed by atoms with van der Waals surface area (Å²) >= 11 is 0. The summed E-state index contributed by atoms with van der Waals surface area (Å²) in [6.45, 7) is 6.68. The minimum absolute atomic E-state index is 0. The molecule has 1 unspecified atom stereocenters. The molecule has 5 nitrogen and oxygen atoms in total. The second-order valence-electron chi connectivity index (χ2n) is 6.19. The molecule has 1 atom stereocenters. The smallest absolute Gasteiger partial charge is 0.223 e. The van der Waals surface area contributed by atoms with E-state index in [1.807, 2.05) is 11.0 Å². The lowest BCUT2D eigenvalue weighted by Gasteiger charge is -2.37. The number of hydrogen-bond acceptors (Lipinski definition) is 4. The maximum absolute atomic E-state index is 13.5. The first-order chi connectivity index (χ1) is 11.2. The second-order valence-corrected chi connectivity index (χ2v) is 6.19. The Morgan fingerprint density at radius 3 is 2.56 bits per heavy atom. The molecule has 0 radical (unpaired) electrons. The molecule has 0 spiro atoms. The van der Waals surface area contributed by atoms with Gasteiger partial charge in [0.05, 0.1) is 0 Å². The number of hydrogen-bond donors (Lipinski definition) is 2. The fraction of sp³-hybridized carbons (Fsp3) is 0.588. The standard InChI is InChI=1S/C17H25FN4O.2ClH/c18-15-3-1-2-14(12-15)16-13-20-7-9-21(16)8-4-17(23)22-10-5-19-6-11-22;;/h1-3,12,16,19-20H,4-11,13H2;2*1H. The normalized spacial score (nSPS) is 21.2. The van der Waals surface area contributed by atoms with Crippen LogP contribution in [0.25, 0.3) is 0 Å². The number of halogens is 3. The summed E-state index contributed by atoms with van der Waals surface area (Å²) < 4.78 is 13.5. The predicted molar refractivity (Wildman–Crippen MR) is 102 cm³/mol. The molecule has 2 heterocycles. The Morgan fingerprint density at radius 1 is 1.12 bits per heavy atom. The van der Waals surface area contributed by atoms with Crippen molar-refractivity contribution < 1.29 is 9.18 Å². The summed E-state index contributed by atoms with van der Waals surface area (Å²) in [5.41, 5.74) is 0.979. The molecule has 2 fully saturated rings. The molecule has 2 saturated heterocycles. The van der Waals surface area contributed by atoms with Gasteiger partial charge < -0.3 is 15.5 Å². The van der Waals surface area contributed by atoms with Gasteiger partial charge in [-0.05, 0) is 17.7 Å². The summed E-state index contributed by atoms with van der Waals surface area (Å²) in [7, 11) is 0. The van der Waals surface area contributed by atoms with Crippen molar-refractivity contribution >= 4 is 30.7 Å². The topological polar surface area (TPSA) is 47.6 Å². The zero-order valence-corrected chi connectivity index (χ0v) is 15.9. The van der Waals surface area contributed by atoms with E-state index in [2.05, 4.69) is 15.5 Å². The van der Waals surface area contributed by atoms with Gasteiger partial charge in [-0.3, -0.25) is 9.69 Å². The van der Waals surface area contributed by atoms with Gasteiger partial charge >= 0.3 is 0 Å². The number of benzene rings is 1. The van der Waals surface area contributed by atoms with Gasteiger partial charge in [0.15, 0.2) is 0 Å². The maximum atomic E-state index is 13.5. The highest BCUT2D eigenvalue weighted by molar-refractivity contribution is 5.85. The van der Waals surface area contributed by atoms with Crippen molar-refractivity contribution in [1.29, 1.82) is 0 Å². The first kappa shape index (κ1) is 22.1. The highest BCUT2D eigenvalue weighted by atomic mass is 35.5. The first-order valence-electron chi connectivity index (χ1n) is 8.43. The van der Waals surface area contributed by atoms with Gasteiger partial charge in [0.25, 0.3) is 0 Å². The van der Waals surface area contributed by atoms with Crippen LogP contribution in [-0.4, -0.2) is 68.1 Å². The van der Waals surface area contributed by atoms with Crippen LogP contribution in [0.3, 0.4) is 0 Å². The lowest BCUT2D eigenvalue weighted by Crippen LogP contribution is -2.49. The van der Waals surface area contributed by atoms with Crippen LogP contribution in [0.15, 0.2) is 24.3 Å². The SMILES string of the molecule is Cl.Cl.O=C(CCN1CCNCC1c1cccc(F)c1)N1CCNCC1. The highest BCUT2D eigenvalue weighted by Gasteiger charge is 2.25. The number of rotatable bonds is 4. The Morgan fingerprint density at radius 2 is 1.84 bits per heavy atom. The van der Waals surface area contributed by atoms with E-state index in [1.54, 1.807) is 12.1 Å². The molecule has 8 heteroatoms. The third kappa shape index (κ3) is 6.08. The molecule has 1 amide bonds. The highest BCUT2D eigenvalue weighted by Crippen LogP contribution is 2.23. The third-order valence-corrected chi connectivity index (χ3v) is 4.67. The lowest BCUT2D eigenvalue weighted by atomic mass is 10.0. The van der Waals surface area contributed by atoms with Gasteiger partial charge in [-0.25, -0.2) is 4.39 Å².